The van der Waals surface area contributed by atoms with E-state index in [0.29, 0.717) is 0 Å². The third kappa shape index (κ3) is 2.87. The molecule has 1 aromatic carbocycles. The lowest BCUT2D eigenvalue weighted by molar-refractivity contribution is 0.836. The van der Waals surface area contributed by atoms with Crippen molar-refractivity contribution in [3.63, 3.8) is 0 Å². The maximum Gasteiger partial charge on any atom is -0.0276 e. The topological polar surface area (TPSA) is 0 Å². The van der Waals surface area contributed by atoms with Crippen LogP contribution in [0.1, 0.15) is 62.8 Å². The summed E-state index contributed by atoms with van der Waals surface area (Å²) in [5.41, 5.74) is 6.45. The molecule has 0 saturated heterocycles. The summed E-state index contributed by atoms with van der Waals surface area (Å²) in [4.78, 5) is 0. The Morgan fingerprint density at radius 1 is 0.688 bits per heavy atom. The molecule has 0 spiro atoms. The summed E-state index contributed by atoms with van der Waals surface area (Å²) in [7, 11) is 0. The van der Waals surface area contributed by atoms with Crippen molar-refractivity contribution < 1.29 is 0 Å². The predicted molar refractivity (Wildman–Crippen MR) is 73.2 cm³/mol. The van der Waals surface area contributed by atoms with Crippen LogP contribution in [-0.2, 0) is 25.7 Å². The second kappa shape index (κ2) is 6.73. The number of hydrogen-bond donors (Lipinski definition) is 0. The number of rotatable bonds is 6. The molecule has 0 atom stereocenters. The maximum atomic E-state index is 2.37. The summed E-state index contributed by atoms with van der Waals surface area (Å²) < 4.78 is 0. The van der Waals surface area contributed by atoms with Crippen LogP contribution in [0.4, 0.5) is 0 Å². The predicted octanol–water partition coefficient (Wildman–Crippen LogP) is 4.72. The van der Waals surface area contributed by atoms with Crippen LogP contribution in [-0.4, -0.2) is 0 Å². The summed E-state index contributed by atoms with van der Waals surface area (Å²) in [6.45, 7) is 9.12. The van der Waals surface area contributed by atoms with Gasteiger partial charge in [-0.25, -0.2) is 0 Å². The molecular formula is C16H26. The van der Waals surface area contributed by atoms with E-state index >= 15 is 0 Å². The first-order valence-corrected chi connectivity index (χ1v) is 6.90. The SMILES string of the molecule is CCCc1ccc(CC)c(CC)c1CCC. The Morgan fingerprint density at radius 3 is 1.81 bits per heavy atom. The highest BCUT2D eigenvalue weighted by Gasteiger charge is 2.09. The smallest absolute Gasteiger partial charge is 0.0276 e. The highest BCUT2D eigenvalue weighted by atomic mass is 14.1. The quantitative estimate of drug-likeness (QED) is 0.648. The molecular weight excluding hydrogens is 192 g/mol. The highest BCUT2D eigenvalue weighted by Crippen LogP contribution is 2.23. The normalized spacial score (nSPS) is 10.8. The zero-order valence-corrected chi connectivity index (χ0v) is 11.4. The Balaban J connectivity index is 3.20. The molecule has 1 rings (SSSR count). The van der Waals surface area contributed by atoms with Crippen molar-refractivity contribution in [2.45, 2.75) is 66.2 Å². The first-order valence-electron chi connectivity index (χ1n) is 6.90. The monoisotopic (exact) mass is 218 g/mol. The van der Waals surface area contributed by atoms with Gasteiger partial charge in [0.05, 0.1) is 0 Å². The largest absolute Gasteiger partial charge is 0.0651 e. The van der Waals surface area contributed by atoms with Gasteiger partial charge in [-0.15, -0.1) is 0 Å². The second-order valence-corrected chi connectivity index (χ2v) is 4.55. The van der Waals surface area contributed by atoms with Crippen LogP contribution in [0.3, 0.4) is 0 Å². The first-order chi connectivity index (χ1) is 7.78. The molecule has 0 aliphatic heterocycles. The highest BCUT2D eigenvalue weighted by molar-refractivity contribution is 5.41. The van der Waals surface area contributed by atoms with Gasteiger partial charge in [0, 0.05) is 0 Å². The fraction of sp³-hybridized carbons (Fsp3) is 0.625. The van der Waals surface area contributed by atoms with E-state index in [4.69, 9.17) is 0 Å². The molecule has 0 radical (unpaired) electrons. The number of aryl methyl sites for hydroxylation is 2. The van der Waals surface area contributed by atoms with Gasteiger partial charge in [0.15, 0.2) is 0 Å². The number of hydrogen-bond acceptors (Lipinski definition) is 0. The van der Waals surface area contributed by atoms with E-state index in [1.807, 2.05) is 0 Å². The van der Waals surface area contributed by atoms with Gasteiger partial charge in [-0.3, -0.25) is 0 Å². The van der Waals surface area contributed by atoms with Gasteiger partial charge >= 0.3 is 0 Å². The minimum absolute atomic E-state index is 1.17. The van der Waals surface area contributed by atoms with Crippen molar-refractivity contribution in [1.29, 1.82) is 0 Å². The first kappa shape index (κ1) is 13.3. The Bertz CT molecular complexity index is 323. The van der Waals surface area contributed by atoms with Gasteiger partial charge in [0.25, 0.3) is 0 Å². The molecule has 0 aliphatic rings. The Labute approximate surface area is 101 Å². The molecule has 0 amide bonds. The summed E-state index contributed by atoms with van der Waals surface area (Å²) in [6, 6.07) is 4.72. The lowest BCUT2D eigenvalue weighted by Crippen LogP contribution is -2.03. The molecule has 16 heavy (non-hydrogen) atoms. The fourth-order valence-corrected chi connectivity index (χ4v) is 2.63. The zero-order chi connectivity index (χ0) is 12.0. The summed E-state index contributed by atoms with van der Waals surface area (Å²) in [5, 5.41) is 0. The van der Waals surface area contributed by atoms with Crippen LogP contribution in [0.15, 0.2) is 12.1 Å². The van der Waals surface area contributed by atoms with Crippen molar-refractivity contribution in [2.75, 3.05) is 0 Å². The van der Waals surface area contributed by atoms with Gasteiger partial charge in [0.2, 0.25) is 0 Å². The molecule has 0 unspecified atom stereocenters. The maximum absolute atomic E-state index is 2.37. The lowest BCUT2D eigenvalue weighted by Gasteiger charge is -2.17. The van der Waals surface area contributed by atoms with Crippen LogP contribution in [0, 0.1) is 0 Å². The molecule has 1 aromatic rings. The average molecular weight is 218 g/mol. The van der Waals surface area contributed by atoms with Crippen molar-refractivity contribution in [3.8, 4) is 0 Å². The van der Waals surface area contributed by atoms with E-state index in [1.165, 1.54) is 38.5 Å². The molecule has 0 fully saturated rings. The molecule has 0 aromatic heterocycles. The van der Waals surface area contributed by atoms with E-state index in [1.54, 1.807) is 22.3 Å². The van der Waals surface area contributed by atoms with Crippen LogP contribution in [0.2, 0.25) is 0 Å². The van der Waals surface area contributed by atoms with Crippen molar-refractivity contribution >= 4 is 0 Å². The van der Waals surface area contributed by atoms with Gasteiger partial charge in [-0.05, 0) is 47.9 Å². The average Bonchev–Trinajstić information content (AvgIpc) is 2.31. The molecule has 0 saturated carbocycles. The molecule has 90 valence electrons. The standard InChI is InChI=1S/C16H26/c1-5-9-14-12-11-13(7-3)15(8-4)16(14)10-6-2/h11-12H,5-10H2,1-4H3. The molecule has 0 bridgehead atoms. The van der Waals surface area contributed by atoms with Gasteiger partial charge < -0.3 is 0 Å². The third-order valence-electron chi connectivity index (χ3n) is 3.38. The summed E-state index contributed by atoms with van der Waals surface area (Å²) in [5.74, 6) is 0. The molecule has 0 aliphatic carbocycles. The molecule has 0 heteroatoms. The van der Waals surface area contributed by atoms with Crippen molar-refractivity contribution in [1.82, 2.24) is 0 Å². The van der Waals surface area contributed by atoms with Crippen LogP contribution in [0.5, 0.6) is 0 Å². The summed E-state index contributed by atoms with van der Waals surface area (Å²) >= 11 is 0. The Hall–Kier alpha value is -0.780. The molecule has 0 nitrogen and oxygen atoms in total. The van der Waals surface area contributed by atoms with E-state index in [2.05, 4.69) is 39.8 Å². The Kier molecular flexibility index (Phi) is 5.59. The van der Waals surface area contributed by atoms with E-state index in [0.717, 1.165) is 0 Å². The molecule has 0 heterocycles. The van der Waals surface area contributed by atoms with Crippen LogP contribution < -0.4 is 0 Å². The zero-order valence-electron chi connectivity index (χ0n) is 11.4. The summed E-state index contributed by atoms with van der Waals surface area (Å²) in [6.07, 6.45) is 7.38. The van der Waals surface area contributed by atoms with E-state index in [-0.39, 0.29) is 0 Å². The van der Waals surface area contributed by atoms with Gasteiger partial charge in [-0.1, -0.05) is 52.7 Å². The van der Waals surface area contributed by atoms with Crippen LogP contribution >= 0.6 is 0 Å². The van der Waals surface area contributed by atoms with Gasteiger partial charge in [0.1, 0.15) is 0 Å². The minimum Gasteiger partial charge on any atom is -0.0651 e. The Morgan fingerprint density at radius 2 is 1.31 bits per heavy atom. The minimum atomic E-state index is 1.17. The van der Waals surface area contributed by atoms with Crippen LogP contribution in [0.25, 0.3) is 0 Å². The van der Waals surface area contributed by atoms with E-state index in [9.17, 15) is 0 Å². The van der Waals surface area contributed by atoms with Crippen molar-refractivity contribution in [3.05, 3.63) is 34.4 Å². The second-order valence-electron chi connectivity index (χ2n) is 4.55. The molecule has 0 N–H and O–H groups in total. The fourth-order valence-electron chi connectivity index (χ4n) is 2.63. The van der Waals surface area contributed by atoms with E-state index < -0.39 is 0 Å². The van der Waals surface area contributed by atoms with Crippen molar-refractivity contribution in [2.24, 2.45) is 0 Å². The lowest BCUT2D eigenvalue weighted by atomic mass is 9.89. The third-order valence-corrected chi connectivity index (χ3v) is 3.38. The van der Waals surface area contributed by atoms with Gasteiger partial charge in [-0.2, -0.15) is 0 Å². The number of benzene rings is 1.